The zero-order chi connectivity index (χ0) is 11.2. The van der Waals surface area contributed by atoms with Crippen molar-refractivity contribution in [3.8, 4) is 0 Å². The second kappa shape index (κ2) is 6.37. The zero-order valence-corrected chi connectivity index (χ0v) is 10.1. The maximum Gasteiger partial charge on any atom is 0.213 e. The van der Waals surface area contributed by atoms with Gasteiger partial charge in [0.15, 0.2) is 0 Å². The normalized spacial score (nSPS) is 22.8. The molecule has 1 aliphatic heterocycles. The topological polar surface area (TPSA) is 72.2 Å². The van der Waals surface area contributed by atoms with E-state index in [0.29, 0.717) is 13.0 Å². The molecule has 4 nitrogen and oxygen atoms in total. The number of primary sulfonamides is 1. The van der Waals surface area contributed by atoms with Crippen molar-refractivity contribution >= 4 is 10.0 Å². The summed E-state index contributed by atoms with van der Waals surface area (Å²) >= 11 is 0. The van der Waals surface area contributed by atoms with Crippen LogP contribution in [0.4, 0.5) is 0 Å². The van der Waals surface area contributed by atoms with Crippen LogP contribution in [0.25, 0.3) is 0 Å². The smallest absolute Gasteiger partial charge is 0.213 e. The van der Waals surface area contributed by atoms with Gasteiger partial charge in [-0.15, -0.1) is 0 Å². The fourth-order valence-corrected chi connectivity index (χ4v) is 1.95. The maximum atomic E-state index is 10.7. The summed E-state index contributed by atoms with van der Waals surface area (Å²) in [6, 6.07) is 0. The molecule has 0 aromatic heterocycles. The van der Waals surface area contributed by atoms with Crippen molar-refractivity contribution < 1.29 is 8.42 Å². The molecule has 5 heteroatoms. The third-order valence-corrected chi connectivity index (χ3v) is 3.05. The van der Waals surface area contributed by atoms with Gasteiger partial charge in [-0.2, -0.15) is 0 Å². The Morgan fingerprint density at radius 3 is 2.07 bits per heavy atom. The number of rotatable bonds is 1. The summed E-state index contributed by atoms with van der Waals surface area (Å²) in [4.78, 5) is 0. The van der Waals surface area contributed by atoms with Gasteiger partial charge in [-0.3, -0.25) is 0 Å². The van der Waals surface area contributed by atoms with Crippen molar-refractivity contribution in [3.63, 3.8) is 0 Å². The van der Waals surface area contributed by atoms with Gasteiger partial charge in [-0.1, -0.05) is 20.8 Å². The third-order valence-electron chi connectivity index (χ3n) is 1.72. The van der Waals surface area contributed by atoms with Crippen LogP contribution in [-0.2, 0) is 10.0 Å². The largest absolute Gasteiger partial charge is 0.315 e. The Morgan fingerprint density at radius 1 is 1.36 bits per heavy atom. The van der Waals surface area contributed by atoms with E-state index in [0.717, 1.165) is 18.9 Å². The van der Waals surface area contributed by atoms with E-state index < -0.39 is 10.0 Å². The van der Waals surface area contributed by atoms with E-state index in [4.69, 9.17) is 5.14 Å². The monoisotopic (exact) mass is 222 g/mol. The lowest BCUT2D eigenvalue weighted by atomic mass is 10.2. The Labute approximate surface area is 87.3 Å². The summed E-state index contributed by atoms with van der Waals surface area (Å²) in [5.41, 5.74) is 0. The predicted molar refractivity (Wildman–Crippen MR) is 59.5 cm³/mol. The van der Waals surface area contributed by atoms with Crippen molar-refractivity contribution in [1.29, 1.82) is 0 Å². The molecule has 86 valence electrons. The van der Waals surface area contributed by atoms with E-state index in [2.05, 4.69) is 26.1 Å². The minimum Gasteiger partial charge on any atom is -0.315 e. The molecule has 0 saturated carbocycles. The maximum absolute atomic E-state index is 10.7. The first kappa shape index (κ1) is 13.9. The van der Waals surface area contributed by atoms with E-state index in [1.807, 2.05) is 0 Å². The summed E-state index contributed by atoms with van der Waals surface area (Å²) in [6.45, 7) is 7.92. The van der Waals surface area contributed by atoms with Crippen LogP contribution in [0.5, 0.6) is 0 Å². The highest BCUT2D eigenvalue weighted by atomic mass is 32.2. The molecule has 0 aliphatic carbocycles. The highest BCUT2D eigenvalue weighted by Gasteiger charge is 2.22. The minimum absolute atomic E-state index is 0.360. The summed E-state index contributed by atoms with van der Waals surface area (Å²) in [7, 11) is -3.29. The molecule has 1 fully saturated rings. The molecular weight excluding hydrogens is 200 g/mol. The summed E-state index contributed by atoms with van der Waals surface area (Å²) in [5, 5.41) is 7.56. The van der Waals surface area contributed by atoms with Crippen LogP contribution >= 0.6 is 0 Å². The second-order valence-electron chi connectivity index (χ2n) is 4.29. The number of nitrogens with one attached hydrogen (secondary N) is 1. The number of hydrogen-bond donors (Lipinski definition) is 2. The van der Waals surface area contributed by atoms with Gasteiger partial charge < -0.3 is 5.32 Å². The minimum atomic E-state index is -3.29. The molecule has 1 saturated heterocycles. The van der Waals surface area contributed by atoms with Crippen molar-refractivity contribution in [2.45, 2.75) is 38.9 Å². The van der Waals surface area contributed by atoms with Gasteiger partial charge in [0.25, 0.3) is 0 Å². The van der Waals surface area contributed by atoms with Crippen LogP contribution in [0.15, 0.2) is 0 Å². The number of nitrogens with two attached hydrogens (primary N) is 1. The Morgan fingerprint density at radius 2 is 1.86 bits per heavy atom. The van der Waals surface area contributed by atoms with Crippen molar-refractivity contribution in [2.75, 3.05) is 13.1 Å². The van der Waals surface area contributed by atoms with Crippen LogP contribution in [0.2, 0.25) is 0 Å². The number of piperidine rings is 1. The number of sulfonamides is 1. The summed E-state index contributed by atoms with van der Waals surface area (Å²) < 4.78 is 21.4. The van der Waals surface area contributed by atoms with E-state index in [9.17, 15) is 8.42 Å². The molecule has 0 amide bonds. The van der Waals surface area contributed by atoms with Crippen LogP contribution in [0.1, 0.15) is 33.6 Å². The fourth-order valence-electron chi connectivity index (χ4n) is 1.10. The van der Waals surface area contributed by atoms with Crippen molar-refractivity contribution in [2.24, 2.45) is 11.1 Å². The van der Waals surface area contributed by atoms with Gasteiger partial charge in [0.2, 0.25) is 10.0 Å². The molecular formula is C9H22N2O2S. The Kier molecular flexibility index (Phi) is 6.31. The number of hydrogen-bond acceptors (Lipinski definition) is 3. The second-order valence-corrected chi connectivity index (χ2v) is 6.13. The third kappa shape index (κ3) is 7.29. The van der Waals surface area contributed by atoms with Gasteiger partial charge in [0.1, 0.15) is 0 Å². The van der Waals surface area contributed by atoms with E-state index in [1.54, 1.807) is 0 Å². The fraction of sp³-hybridized carbons (Fsp3) is 1.00. The first-order valence-corrected chi connectivity index (χ1v) is 6.67. The molecule has 0 bridgehead atoms. The van der Waals surface area contributed by atoms with Crippen LogP contribution in [-0.4, -0.2) is 26.8 Å². The summed E-state index contributed by atoms with van der Waals surface area (Å²) in [5.74, 6) is 0.833. The molecule has 1 rings (SSSR count). The average Bonchev–Trinajstić information content (AvgIpc) is 2.03. The Balaban J connectivity index is 0.000000364. The van der Waals surface area contributed by atoms with Gasteiger partial charge in [-0.25, -0.2) is 13.6 Å². The predicted octanol–water partition coefficient (Wildman–Crippen LogP) is 0.689. The molecule has 0 aromatic rings. The molecule has 0 spiro atoms. The van der Waals surface area contributed by atoms with E-state index >= 15 is 0 Å². The van der Waals surface area contributed by atoms with Gasteiger partial charge in [0, 0.05) is 6.54 Å². The lowest BCUT2D eigenvalue weighted by molar-refractivity contribution is 0.497. The molecule has 3 N–H and O–H groups in total. The molecule has 1 heterocycles. The molecule has 14 heavy (non-hydrogen) atoms. The molecule has 1 atom stereocenters. The zero-order valence-electron chi connectivity index (χ0n) is 9.29. The quantitative estimate of drug-likeness (QED) is 0.685. The first-order chi connectivity index (χ1) is 6.34. The van der Waals surface area contributed by atoms with Crippen molar-refractivity contribution in [3.05, 3.63) is 0 Å². The highest BCUT2D eigenvalue weighted by Crippen LogP contribution is 2.07. The Hall–Kier alpha value is -0.130. The molecule has 1 unspecified atom stereocenters. The van der Waals surface area contributed by atoms with Gasteiger partial charge >= 0.3 is 0 Å². The lowest BCUT2D eigenvalue weighted by Gasteiger charge is -2.20. The van der Waals surface area contributed by atoms with Gasteiger partial charge in [-0.05, 0) is 25.3 Å². The molecule has 0 radical (unpaired) electrons. The molecule has 0 aromatic carbocycles. The van der Waals surface area contributed by atoms with E-state index in [-0.39, 0.29) is 5.25 Å². The molecule has 1 aliphatic rings. The lowest BCUT2D eigenvalue weighted by Crippen LogP contribution is -2.41. The van der Waals surface area contributed by atoms with Crippen LogP contribution < -0.4 is 10.5 Å². The van der Waals surface area contributed by atoms with E-state index in [1.165, 1.54) is 0 Å². The van der Waals surface area contributed by atoms with Gasteiger partial charge in [0.05, 0.1) is 5.25 Å². The summed E-state index contributed by atoms with van der Waals surface area (Å²) in [6.07, 6.45) is 1.60. The highest BCUT2D eigenvalue weighted by molar-refractivity contribution is 7.89. The Bertz CT molecular complexity index is 228. The van der Waals surface area contributed by atoms with Crippen LogP contribution in [0.3, 0.4) is 0 Å². The first-order valence-electron chi connectivity index (χ1n) is 5.06. The van der Waals surface area contributed by atoms with Crippen molar-refractivity contribution in [1.82, 2.24) is 5.32 Å². The van der Waals surface area contributed by atoms with Crippen LogP contribution in [0, 0.1) is 5.92 Å². The standard InChI is InChI=1S/C5H12N2O2S.C4H10/c6-10(8,9)5-2-1-3-7-4-5;1-4(2)3/h5,7H,1-4H2,(H2,6,8,9);4H,1-3H3. The SMILES string of the molecule is CC(C)C.NS(=O)(=O)C1CCCNC1. The average molecular weight is 222 g/mol.